The zero-order chi connectivity index (χ0) is 12.1. The Labute approximate surface area is 104 Å². The summed E-state index contributed by atoms with van der Waals surface area (Å²) >= 11 is 0. The summed E-state index contributed by atoms with van der Waals surface area (Å²) in [5, 5.41) is 3.04. The zero-order valence-electron chi connectivity index (χ0n) is 10.8. The molecule has 17 heavy (non-hydrogen) atoms. The van der Waals surface area contributed by atoms with Crippen molar-refractivity contribution in [2.24, 2.45) is 5.92 Å². The maximum Gasteiger partial charge on any atom is 0.126 e. The summed E-state index contributed by atoms with van der Waals surface area (Å²) in [6.45, 7) is 2.96. The fraction of sp³-hybridized carbons (Fsp3) is 0.643. The van der Waals surface area contributed by atoms with Crippen molar-refractivity contribution in [1.82, 2.24) is 4.98 Å². The molecule has 1 fully saturated rings. The lowest BCUT2D eigenvalue weighted by molar-refractivity contribution is 0.00733. The van der Waals surface area contributed by atoms with E-state index < -0.39 is 0 Å². The average Bonchev–Trinajstić information content (AvgIpc) is 2.38. The molecule has 0 saturated heterocycles. The third-order valence-electron chi connectivity index (χ3n) is 3.49. The number of pyridine rings is 1. The maximum absolute atomic E-state index is 5.93. The van der Waals surface area contributed by atoms with Gasteiger partial charge < -0.3 is 10.1 Å². The van der Waals surface area contributed by atoms with E-state index in [1.807, 2.05) is 25.2 Å². The monoisotopic (exact) mass is 234 g/mol. The number of nitrogens with one attached hydrogen (secondary N) is 1. The highest BCUT2D eigenvalue weighted by molar-refractivity contribution is 5.34. The van der Waals surface area contributed by atoms with Gasteiger partial charge >= 0.3 is 0 Å². The molecule has 0 bridgehead atoms. The molecule has 0 aromatic carbocycles. The van der Waals surface area contributed by atoms with E-state index in [4.69, 9.17) is 4.74 Å². The Morgan fingerprint density at radius 2 is 2.06 bits per heavy atom. The van der Waals surface area contributed by atoms with E-state index in [1.54, 1.807) is 0 Å². The van der Waals surface area contributed by atoms with E-state index in [0.717, 1.165) is 17.4 Å². The van der Waals surface area contributed by atoms with Crippen molar-refractivity contribution in [1.29, 1.82) is 0 Å². The predicted molar refractivity (Wildman–Crippen MR) is 70.0 cm³/mol. The Hall–Kier alpha value is -1.09. The lowest BCUT2D eigenvalue weighted by atomic mass is 9.89. The van der Waals surface area contributed by atoms with Gasteiger partial charge in [0.1, 0.15) is 5.82 Å². The molecule has 94 valence electrons. The van der Waals surface area contributed by atoms with Crippen LogP contribution < -0.4 is 5.32 Å². The van der Waals surface area contributed by atoms with Gasteiger partial charge in [-0.2, -0.15) is 0 Å². The van der Waals surface area contributed by atoms with Crippen LogP contribution in [0.1, 0.15) is 38.3 Å². The van der Waals surface area contributed by atoms with Crippen LogP contribution in [0.4, 0.5) is 5.82 Å². The lowest BCUT2D eigenvalue weighted by Crippen LogP contribution is -2.20. The fourth-order valence-corrected chi connectivity index (χ4v) is 2.30. The minimum Gasteiger partial charge on any atom is -0.373 e. The molecule has 1 aromatic heterocycles. The predicted octanol–water partition coefficient (Wildman–Crippen LogP) is 3.22. The first kappa shape index (κ1) is 12.4. The van der Waals surface area contributed by atoms with Gasteiger partial charge in [-0.25, -0.2) is 4.98 Å². The molecule has 1 heterocycles. The van der Waals surface area contributed by atoms with Crippen LogP contribution in [-0.2, 0) is 11.3 Å². The molecule has 1 saturated carbocycles. The summed E-state index contributed by atoms with van der Waals surface area (Å²) in [5.41, 5.74) is 1.01. The number of nitrogens with zero attached hydrogens (tertiary/aromatic N) is 1. The Balaban J connectivity index is 1.81. The standard InChI is InChI=1S/C14H22N2O/c1-11-6-8-13(9-7-11)17-10-12-4-3-5-14(15-2)16-12/h3-5,11,13H,6-10H2,1-2H3,(H,15,16). The van der Waals surface area contributed by atoms with Gasteiger partial charge in [0.05, 0.1) is 18.4 Å². The molecule has 3 heteroatoms. The number of anilines is 1. The molecule has 0 radical (unpaired) electrons. The minimum atomic E-state index is 0.436. The van der Waals surface area contributed by atoms with Crippen LogP contribution >= 0.6 is 0 Å². The zero-order valence-corrected chi connectivity index (χ0v) is 10.8. The lowest BCUT2D eigenvalue weighted by Gasteiger charge is -2.26. The highest BCUT2D eigenvalue weighted by Crippen LogP contribution is 2.26. The summed E-state index contributed by atoms with van der Waals surface area (Å²) in [4.78, 5) is 4.45. The van der Waals surface area contributed by atoms with E-state index in [-0.39, 0.29) is 0 Å². The summed E-state index contributed by atoms with van der Waals surface area (Å²) < 4.78 is 5.93. The quantitative estimate of drug-likeness (QED) is 0.868. The van der Waals surface area contributed by atoms with Crippen LogP contribution in [0.15, 0.2) is 18.2 Å². The molecular weight excluding hydrogens is 212 g/mol. The topological polar surface area (TPSA) is 34.1 Å². The molecule has 1 aliphatic rings. The number of rotatable bonds is 4. The highest BCUT2D eigenvalue weighted by atomic mass is 16.5. The van der Waals surface area contributed by atoms with Crippen LogP contribution in [0.3, 0.4) is 0 Å². The van der Waals surface area contributed by atoms with Crippen molar-refractivity contribution in [3.63, 3.8) is 0 Å². The minimum absolute atomic E-state index is 0.436. The first-order valence-electron chi connectivity index (χ1n) is 6.53. The van der Waals surface area contributed by atoms with Crippen LogP contribution in [-0.4, -0.2) is 18.1 Å². The van der Waals surface area contributed by atoms with Crippen molar-refractivity contribution < 1.29 is 4.74 Å². The number of ether oxygens (including phenoxy) is 1. The van der Waals surface area contributed by atoms with E-state index in [2.05, 4.69) is 17.2 Å². The van der Waals surface area contributed by atoms with E-state index in [1.165, 1.54) is 25.7 Å². The Bertz CT molecular complexity index is 346. The van der Waals surface area contributed by atoms with Crippen molar-refractivity contribution in [3.05, 3.63) is 23.9 Å². The molecule has 0 amide bonds. The normalized spacial score (nSPS) is 24.6. The van der Waals surface area contributed by atoms with Crippen molar-refractivity contribution in [3.8, 4) is 0 Å². The molecule has 0 spiro atoms. The second-order valence-electron chi connectivity index (χ2n) is 4.96. The van der Waals surface area contributed by atoms with E-state index in [9.17, 15) is 0 Å². The van der Waals surface area contributed by atoms with Crippen molar-refractivity contribution in [2.75, 3.05) is 12.4 Å². The van der Waals surface area contributed by atoms with E-state index >= 15 is 0 Å². The van der Waals surface area contributed by atoms with Crippen molar-refractivity contribution >= 4 is 5.82 Å². The van der Waals surface area contributed by atoms with Crippen LogP contribution in [0.25, 0.3) is 0 Å². The fourth-order valence-electron chi connectivity index (χ4n) is 2.30. The Morgan fingerprint density at radius 1 is 1.29 bits per heavy atom. The molecule has 1 aromatic rings. The third kappa shape index (κ3) is 3.70. The van der Waals surface area contributed by atoms with Gasteiger partial charge in [0.15, 0.2) is 0 Å². The van der Waals surface area contributed by atoms with Gasteiger partial charge in [-0.1, -0.05) is 13.0 Å². The van der Waals surface area contributed by atoms with Gasteiger partial charge in [0.2, 0.25) is 0 Å². The van der Waals surface area contributed by atoms with Gasteiger partial charge in [0, 0.05) is 7.05 Å². The molecule has 1 N–H and O–H groups in total. The molecule has 1 aliphatic carbocycles. The molecule has 3 nitrogen and oxygen atoms in total. The number of aromatic nitrogens is 1. The SMILES string of the molecule is CNc1cccc(COC2CCC(C)CC2)n1. The van der Waals surface area contributed by atoms with Crippen LogP contribution in [0.2, 0.25) is 0 Å². The first-order valence-corrected chi connectivity index (χ1v) is 6.53. The van der Waals surface area contributed by atoms with Crippen LogP contribution in [0, 0.1) is 5.92 Å². The Kier molecular flexibility index (Phi) is 4.37. The summed E-state index contributed by atoms with van der Waals surface area (Å²) in [5.74, 6) is 1.78. The molecule has 0 atom stereocenters. The second kappa shape index (κ2) is 6.01. The largest absolute Gasteiger partial charge is 0.373 e. The second-order valence-corrected chi connectivity index (χ2v) is 4.96. The summed E-state index contributed by atoms with van der Waals surface area (Å²) in [6, 6.07) is 6.00. The molecule has 0 unspecified atom stereocenters. The Morgan fingerprint density at radius 3 is 2.76 bits per heavy atom. The van der Waals surface area contributed by atoms with Crippen LogP contribution in [0.5, 0.6) is 0 Å². The van der Waals surface area contributed by atoms with Gasteiger partial charge in [0.25, 0.3) is 0 Å². The highest BCUT2D eigenvalue weighted by Gasteiger charge is 2.18. The smallest absolute Gasteiger partial charge is 0.126 e. The molecular formula is C14H22N2O. The maximum atomic E-state index is 5.93. The van der Waals surface area contributed by atoms with E-state index in [0.29, 0.717) is 12.7 Å². The molecule has 0 aliphatic heterocycles. The van der Waals surface area contributed by atoms with Crippen molar-refractivity contribution in [2.45, 2.75) is 45.3 Å². The number of hydrogen-bond donors (Lipinski definition) is 1. The van der Waals surface area contributed by atoms with Gasteiger partial charge in [-0.15, -0.1) is 0 Å². The summed E-state index contributed by atoms with van der Waals surface area (Å²) in [7, 11) is 1.88. The third-order valence-corrected chi connectivity index (χ3v) is 3.49. The van der Waals surface area contributed by atoms with Gasteiger partial charge in [-0.3, -0.25) is 0 Å². The summed E-state index contributed by atoms with van der Waals surface area (Å²) in [6.07, 6.45) is 5.44. The van der Waals surface area contributed by atoms with Gasteiger partial charge in [-0.05, 0) is 43.7 Å². The first-order chi connectivity index (χ1) is 8.28. The average molecular weight is 234 g/mol. The number of hydrogen-bond acceptors (Lipinski definition) is 3. The molecule has 2 rings (SSSR count).